The summed E-state index contributed by atoms with van der Waals surface area (Å²) in [5.41, 5.74) is 0.882. The Morgan fingerprint density at radius 2 is 2.28 bits per heavy atom. The number of hydrogen-bond acceptors (Lipinski definition) is 4. The number of rotatable bonds is 5. The topological polar surface area (TPSA) is 41.3 Å². The van der Waals surface area contributed by atoms with Crippen LogP contribution in [0.1, 0.15) is 31.4 Å². The molecule has 0 radical (unpaired) electrons. The van der Waals surface area contributed by atoms with Crippen molar-refractivity contribution in [2.45, 2.75) is 43.5 Å². The molecule has 0 aromatic carbocycles. The number of aromatic nitrogens is 2. The molecule has 2 heterocycles. The third-order valence-electron chi connectivity index (χ3n) is 3.81. The van der Waals surface area contributed by atoms with Crippen LogP contribution in [0.15, 0.2) is 11.4 Å². The lowest BCUT2D eigenvalue weighted by Gasteiger charge is -2.32. The van der Waals surface area contributed by atoms with Crippen LogP contribution in [0.4, 0.5) is 0 Å². The molecule has 0 unspecified atom stereocenters. The van der Waals surface area contributed by atoms with Crippen molar-refractivity contribution in [1.29, 1.82) is 0 Å². The fraction of sp³-hybridized carbons (Fsp3) is 0.769. The molecule has 1 aliphatic heterocycles. The van der Waals surface area contributed by atoms with E-state index >= 15 is 0 Å². The summed E-state index contributed by atoms with van der Waals surface area (Å²) < 4.78 is 1.98. The zero-order valence-electron chi connectivity index (χ0n) is 11.3. The van der Waals surface area contributed by atoms with Gasteiger partial charge in [0.1, 0.15) is 0 Å². The Kier molecular flexibility index (Phi) is 5.09. The molecule has 4 nitrogen and oxygen atoms in total. The maximum absolute atomic E-state index is 9.12. The van der Waals surface area contributed by atoms with E-state index in [1.807, 2.05) is 11.6 Å². The first-order chi connectivity index (χ1) is 8.72. The summed E-state index contributed by atoms with van der Waals surface area (Å²) in [6.07, 6.45) is 7.03. The van der Waals surface area contributed by atoms with E-state index in [0.29, 0.717) is 0 Å². The van der Waals surface area contributed by atoms with Gasteiger partial charge in [-0.15, -0.1) is 0 Å². The summed E-state index contributed by atoms with van der Waals surface area (Å²) in [6, 6.07) is 0.740. The Morgan fingerprint density at radius 3 is 2.94 bits per heavy atom. The molecule has 1 aromatic rings. The molecule has 18 heavy (non-hydrogen) atoms. The van der Waals surface area contributed by atoms with E-state index in [1.54, 1.807) is 18.0 Å². The molecule has 1 atom stereocenters. The molecular weight excluding hydrogens is 246 g/mol. The number of aliphatic hydroxyl groups excluding tert-OH is 1. The number of nitrogens with zero attached hydrogens (tertiary/aromatic N) is 3. The number of hydrogen-bond donors (Lipinski definition) is 1. The molecule has 1 saturated heterocycles. The standard InChI is InChI=1S/C13H23N3OS/c1-15-7-4-3-5-11(15)6-8-18-13-14-9-12(10-17)16(13)2/h9,11,17H,3-8,10H2,1-2H3/t11-/m0/s1. The monoisotopic (exact) mass is 269 g/mol. The van der Waals surface area contributed by atoms with Gasteiger partial charge in [0, 0.05) is 18.8 Å². The van der Waals surface area contributed by atoms with Gasteiger partial charge < -0.3 is 14.6 Å². The van der Waals surface area contributed by atoms with Gasteiger partial charge in [-0.1, -0.05) is 18.2 Å². The smallest absolute Gasteiger partial charge is 0.167 e. The van der Waals surface area contributed by atoms with Crippen LogP contribution >= 0.6 is 11.8 Å². The number of thioether (sulfide) groups is 1. The highest BCUT2D eigenvalue weighted by molar-refractivity contribution is 7.99. The van der Waals surface area contributed by atoms with E-state index in [4.69, 9.17) is 5.11 Å². The first kappa shape index (κ1) is 13.9. The van der Waals surface area contributed by atoms with E-state index in [2.05, 4.69) is 16.9 Å². The largest absolute Gasteiger partial charge is 0.390 e. The Bertz CT molecular complexity index is 380. The van der Waals surface area contributed by atoms with Gasteiger partial charge in [-0.25, -0.2) is 4.98 Å². The van der Waals surface area contributed by atoms with Crippen molar-refractivity contribution >= 4 is 11.8 Å². The number of likely N-dealkylation sites (tertiary alicyclic amines) is 1. The molecule has 0 saturated carbocycles. The van der Waals surface area contributed by atoms with Gasteiger partial charge in [0.25, 0.3) is 0 Å². The van der Waals surface area contributed by atoms with Crippen LogP contribution < -0.4 is 0 Å². The Balaban J connectivity index is 1.79. The summed E-state index contributed by atoms with van der Waals surface area (Å²) in [5, 5.41) is 10.1. The lowest BCUT2D eigenvalue weighted by molar-refractivity contribution is 0.182. The third kappa shape index (κ3) is 3.28. The maximum Gasteiger partial charge on any atom is 0.167 e. The van der Waals surface area contributed by atoms with E-state index in [9.17, 15) is 0 Å². The zero-order valence-corrected chi connectivity index (χ0v) is 12.1. The second-order valence-corrected chi connectivity index (χ2v) is 6.08. The minimum Gasteiger partial charge on any atom is -0.390 e. The second kappa shape index (κ2) is 6.59. The van der Waals surface area contributed by atoms with Crippen molar-refractivity contribution in [2.24, 2.45) is 7.05 Å². The summed E-state index contributed by atoms with van der Waals surface area (Å²) >= 11 is 1.79. The minimum atomic E-state index is 0.0649. The lowest BCUT2D eigenvalue weighted by atomic mass is 10.0. The van der Waals surface area contributed by atoms with Gasteiger partial charge in [0.05, 0.1) is 18.5 Å². The fourth-order valence-electron chi connectivity index (χ4n) is 2.50. The van der Waals surface area contributed by atoms with Gasteiger partial charge in [-0.3, -0.25) is 0 Å². The van der Waals surface area contributed by atoms with Crippen LogP contribution in [0.2, 0.25) is 0 Å². The molecule has 0 bridgehead atoms. The molecule has 5 heteroatoms. The molecule has 1 aromatic heterocycles. The van der Waals surface area contributed by atoms with Crippen LogP contribution in [0.3, 0.4) is 0 Å². The normalized spacial score (nSPS) is 21.4. The molecule has 0 amide bonds. The van der Waals surface area contributed by atoms with Crippen molar-refractivity contribution < 1.29 is 5.11 Å². The van der Waals surface area contributed by atoms with Gasteiger partial charge >= 0.3 is 0 Å². The summed E-state index contributed by atoms with van der Waals surface area (Å²) in [7, 11) is 4.20. The molecule has 2 rings (SSSR count). The first-order valence-corrected chi connectivity index (χ1v) is 7.65. The summed E-state index contributed by atoms with van der Waals surface area (Å²) in [6.45, 7) is 1.31. The molecule has 1 N–H and O–H groups in total. The Labute approximate surface area is 113 Å². The Morgan fingerprint density at radius 1 is 1.44 bits per heavy atom. The third-order valence-corrected chi connectivity index (χ3v) is 4.88. The van der Waals surface area contributed by atoms with Crippen LogP contribution in [0.5, 0.6) is 0 Å². The zero-order chi connectivity index (χ0) is 13.0. The van der Waals surface area contributed by atoms with Crippen LogP contribution in [-0.4, -0.2) is 44.9 Å². The quantitative estimate of drug-likeness (QED) is 0.829. The van der Waals surface area contributed by atoms with E-state index in [-0.39, 0.29) is 6.61 Å². The highest BCUT2D eigenvalue weighted by Gasteiger charge is 2.18. The second-order valence-electron chi connectivity index (χ2n) is 5.02. The number of piperidine rings is 1. The molecular formula is C13H23N3OS. The van der Waals surface area contributed by atoms with Crippen molar-refractivity contribution in [1.82, 2.24) is 14.5 Å². The molecule has 1 fully saturated rings. The lowest BCUT2D eigenvalue weighted by Crippen LogP contribution is -2.36. The van der Waals surface area contributed by atoms with Crippen LogP contribution in [0.25, 0.3) is 0 Å². The summed E-state index contributed by atoms with van der Waals surface area (Å²) in [4.78, 5) is 6.83. The van der Waals surface area contributed by atoms with Crippen molar-refractivity contribution in [2.75, 3.05) is 19.3 Å². The van der Waals surface area contributed by atoms with Crippen LogP contribution in [0, 0.1) is 0 Å². The van der Waals surface area contributed by atoms with Gasteiger partial charge in [-0.2, -0.15) is 0 Å². The molecule has 0 spiro atoms. The summed E-state index contributed by atoms with van der Waals surface area (Å²) in [5.74, 6) is 1.10. The van der Waals surface area contributed by atoms with E-state index in [1.165, 1.54) is 32.2 Å². The van der Waals surface area contributed by atoms with Crippen molar-refractivity contribution in [3.8, 4) is 0 Å². The fourth-order valence-corrected chi connectivity index (χ4v) is 3.51. The first-order valence-electron chi connectivity index (χ1n) is 6.67. The number of imidazole rings is 1. The maximum atomic E-state index is 9.12. The highest BCUT2D eigenvalue weighted by atomic mass is 32.2. The molecule has 1 aliphatic rings. The van der Waals surface area contributed by atoms with E-state index in [0.717, 1.165) is 22.6 Å². The SMILES string of the molecule is CN1CCCC[C@H]1CCSc1ncc(CO)n1C. The van der Waals surface area contributed by atoms with Gasteiger partial charge in [0.2, 0.25) is 0 Å². The van der Waals surface area contributed by atoms with Crippen LogP contribution in [-0.2, 0) is 13.7 Å². The van der Waals surface area contributed by atoms with Crippen molar-refractivity contribution in [3.63, 3.8) is 0 Å². The minimum absolute atomic E-state index is 0.0649. The highest BCUT2D eigenvalue weighted by Crippen LogP contribution is 2.23. The van der Waals surface area contributed by atoms with Gasteiger partial charge in [0.15, 0.2) is 5.16 Å². The average molecular weight is 269 g/mol. The Hall–Kier alpha value is -0.520. The molecule has 0 aliphatic carbocycles. The van der Waals surface area contributed by atoms with Gasteiger partial charge in [-0.05, 0) is 32.9 Å². The predicted molar refractivity (Wildman–Crippen MR) is 74.7 cm³/mol. The van der Waals surface area contributed by atoms with E-state index < -0.39 is 0 Å². The molecule has 102 valence electrons. The predicted octanol–water partition coefficient (Wildman–Crippen LogP) is 1.88. The van der Waals surface area contributed by atoms with Crippen molar-refractivity contribution in [3.05, 3.63) is 11.9 Å². The number of aliphatic hydroxyl groups is 1. The average Bonchev–Trinajstić information content (AvgIpc) is 2.73.